The van der Waals surface area contributed by atoms with Crippen LogP contribution in [0.1, 0.15) is 44.6 Å². The van der Waals surface area contributed by atoms with E-state index in [-0.39, 0.29) is 17.0 Å². The smallest absolute Gasteiger partial charge is 0.330 e. The number of carbonyl (C=O) groups excluding carboxylic acids is 1. The van der Waals surface area contributed by atoms with Crippen LogP contribution in [0.4, 0.5) is 0 Å². The highest BCUT2D eigenvalue weighted by Gasteiger charge is 2.73. The van der Waals surface area contributed by atoms with E-state index in [1.807, 2.05) is 6.92 Å². The van der Waals surface area contributed by atoms with Crippen molar-refractivity contribution in [3.63, 3.8) is 0 Å². The number of carbonyl (C=O) groups is 1. The van der Waals surface area contributed by atoms with Crippen LogP contribution >= 0.6 is 0 Å². The van der Waals surface area contributed by atoms with E-state index in [1.54, 1.807) is 24.3 Å². The second-order valence-corrected chi connectivity index (χ2v) is 9.86. The molecule has 1 saturated heterocycles. The third-order valence-corrected chi connectivity index (χ3v) is 8.05. The Labute approximate surface area is 166 Å². The zero-order valence-corrected chi connectivity index (χ0v) is 17.3. The Morgan fingerprint density at radius 2 is 1.96 bits per heavy atom. The topological polar surface area (TPSA) is 82.2 Å². The van der Waals surface area contributed by atoms with Gasteiger partial charge in [-0.2, -0.15) is 8.42 Å². The molecule has 0 radical (unpaired) electrons. The van der Waals surface area contributed by atoms with Crippen molar-refractivity contribution in [2.45, 2.75) is 68.7 Å². The van der Waals surface area contributed by atoms with Crippen LogP contribution < -0.4 is 0 Å². The van der Waals surface area contributed by atoms with Crippen LogP contribution in [0.2, 0.25) is 0 Å². The number of benzene rings is 1. The average Bonchev–Trinajstić information content (AvgIpc) is 3.39. The van der Waals surface area contributed by atoms with Crippen molar-refractivity contribution in [3.05, 3.63) is 41.5 Å². The predicted molar refractivity (Wildman–Crippen MR) is 102 cm³/mol. The fourth-order valence-electron chi connectivity index (χ4n) is 4.94. The van der Waals surface area contributed by atoms with E-state index in [9.17, 15) is 13.2 Å². The average molecular weight is 407 g/mol. The summed E-state index contributed by atoms with van der Waals surface area (Å²) in [5.41, 5.74) is 1.07. The number of esters is 1. The van der Waals surface area contributed by atoms with Crippen LogP contribution in [0.25, 0.3) is 0 Å². The highest BCUT2D eigenvalue weighted by Crippen LogP contribution is 2.66. The SMILES string of the molecule is COC(=O)/C=C1\CC[C@]2(C)[C@@H](OS(=O)(=O)c3ccc(C)cc3)CCC[C@@]23O[C@@H]13. The lowest BCUT2D eigenvalue weighted by Gasteiger charge is -2.47. The maximum absolute atomic E-state index is 12.9. The number of ether oxygens (including phenoxy) is 2. The number of hydrogen-bond acceptors (Lipinski definition) is 6. The quantitative estimate of drug-likeness (QED) is 0.330. The lowest BCUT2D eigenvalue weighted by molar-refractivity contribution is -0.134. The van der Waals surface area contributed by atoms with Gasteiger partial charge in [0.05, 0.1) is 18.1 Å². The summed E-state index contributed by atoms with van der Waals surface area (Å²) < 4.78 is 42.4. The molecule has 0 amide bonds. The van der Waals surface area contributed by atoms with Crippen LogP contribution in [-0.2, 0) is 28.6 Å². The molecule has 2 aliphatic carbocycles. The Balaban J connectivity index is 1.59. The first-order chi connectivity index (χ1) is 13.2. The van der Waals surface area contributed by atoms with Gasteiger partial charge in [-0.25, -0.2) is 4.79 Å². The normalized spacial score (nSPS) is 35.8. The Morgan fingerprint density at radius 1 is 1.25 bits per heavy atom. The Hall–Kier alpha value is -1.70. The molecule has 28 heavy (non-hydrogen) atoms. The van der Waals surface area contributed by atoms with Gasteiger partial charge in [-0.15, -0.1) is 0 Å². The third-order valence-electron chi connectivity index (χ3n) is 6.71. The van der Waals surface area contributed by atoms with Gasteiger partial charge in [0.25, 0.3) is 10.1 Å². The molecule has 0 bridgehead atoms. The van der Waals surface area contributed by atoms with Crippen molar-refractivity contribution < 1.29 is 26.9 Å². The molecular formula is C21H26O6S. The summed E-state index contributed by atoms with van der Waals surface area (Å²) in [6, 6.07) is 6.70. The van der Waals surface area contributed by atoms with Crippen LogP contribution in [-0.4, -0.2) is 39.3 Å². The second kappa shape index (κ2) is 6.68. The molecule has 1 aromatic rings. The summed E-state index contributed by atoms with van der Waals surface area (Å²) in [7, 11) is -2.50. The third kappa shape index (κ3) is 3.00. The minimum Gasteiger partial charge on any atom is -0.466 e. The molecule has 0 N–H and O–H groups in total. The Morgan fingerprint density at radius 3 is 2.64 bits per heavy atom. The van der Waals surface area contributed by atoms with Crippen LogP contribution in [0.5, 0.6) is 0 Å². The fourth-order valence-corrected chi connectivity index (χ4v) is 6.13. The minimum absolute atomic E-state index is 0.154. The van der Waals surface area contributed by atoms with E-state index in [0.717, 1.165) is 24.0 Å². The summed E-state index contributed by atoms with van der Waals surface area (Å²) >= 11 is 0. The first-order valence-corrected chi connectivity index (χ1v) is 11.1. The Bertz CT molecular complexity index is 919. The van der Waals surface area contributed by atoms with Gasteiger partial charge < -0.3 is 9.47 Å². The van der Waals surface area contributed by atoms with Crippen molar-refractivity contribution in [2.75, 3.05) is 7.11 Å². The lowest BCUT2D eigenvalue weighted by Crippen LogP contribution is -2.53. The molecule has 0 aromatic heterocycles. The molecule has 4 atom stereocenters. The minimum atomic E-state index is -3.85. The maximum atomic E-state index is 12.9. The summed E-state index contributed by atoms with van der Waals surface area (Å²) in [5, 5.41) is 0. The van der Waals surface area contributed by atoms with E-state index >= 15 is 0 Å². The number of methoxy groups -OCH3 is 1. The predicted octanol–water partition coefficient (Wildman–Crippen LogP) is 3.29. The van der Waals surface area contributed by atoms with E-state index in [2.05, 4.69) is 6.92 Å². The van der Waals surface area contributed by atoms with Crippen molar-refractivity contribution >= 4 is 16.1 Å². The molecular weight excluding hydrogens is 380 g/mol. The molecule has 3 aliphatic rings. The van der Waals surface area contributed by atoms with Crippen LogP contribution in [0.3, 0.4) is 0 Å². The largest absolute Gasteiger partial charge is 0.466 e. The molecule has 3 fully saturated rings. The van der Waals surface area contributed by atoms with Gasteiger partial charge in [0.15, 0.2) is 0 Å². The second-order valence-electron chi connectivity index (χ2n) is 8.29. The van der Waals surface area contributed by atoms with Crippen molar-refractivity contribution in [3.8, 4) is 0 Å². The molecule has 152 valence electrons. The molecule has 6 nitrogen and oxygen atoms in total. The first-order valence-electron chi connectivity index (χ1n) is 9.68. The molecule has 7 heteroatoms. The monoisotopic (exact) mass is 406 g/mol. The highest BCUT2D eigenvalue weighted by molar-refractivity contribution is 7.86. The zero-order chi connectivity index (χ0) is 20.2. The van der Waals surface area contributed by atoms with E-state index in [0.29, 0.717) is 19.3 Å². The molecule has 1 heterocycles. The molecule has 2 saturated carbocycles. The zero-order valence-electron chi connectivity index (χ0n) is 16.4. The van der Waals surface area contributed by atoms with Gasteiger partial charge in [-0.05, 0) is 56.7 Å². The summed E-state index contributed by atoms with van der Waals surface area (Å²) in [4.78, 5) is 11.8. The summed E-state index contributed by atoms with van der Waals surface area (Å²) in [6.07, 6.45) is 4.64. The highest BCUT2D eigenvalue weighted by atomic mass is 32.2. The number of hydrogen-bond donors (Lipinski definition) is 0. The maximum Gasteiger partial charge on any atom is 0.330 e. The van der Waals surface area contributed by atoms with Crippen molar-refractivity contribution in [1.82, 2.24) is 0 Å². The molecule has 1 aliphatic heterocycles. The standard InChI is InChI=1S/C21H26O6S/c1-14-6-8-16(9-7-14)28(23,24)27-17-5-4-11-21-19(26-21)15(13-18(22)25-3)10-12-20(17,21)2/h6-9,13,17,19H,4-5,10-12H2,1-3H3/b15-13+/t17-,19-,20+,21-/m0/s1. The number of aryl methyl sites for hydroxylation is 1. The van der Waals surface area contributed by atoms with E-state index in [4.69, 9.17) is 13.7 Å². The fraction of sp³-hybridized carbons (Fsp3) is 0.571. The summed E-state index contributed by atoms with van der Waals surface area (Å²) in [5.74, 6) is -0.380. The van der Waals surface area contributed by atoms with Gasteiger partial charge >= 0.3 is 5.97 Å². The summed E-state index contributed by atoms with van der Waals surface area (Å²) in [6.45, 7) is 3.98. The van der Waals surface area contributed by atoms with Crippen LogP contribution in [0, 0.1) is 12.3 Å². The lowest BCUT2D eigenvalue weighted by atomic mass is 9.58. The number of rotatable bonds is 4. The number of epoxide rings is 1. The van der Waals surface area contributed by atoms with Crippen molar-refractivity contribution in [2.24, 2.45) is 5.41 Å². The van der Waals surface area contributed by atoms with E-state index < -0.39 is 27.2 Å². The van der Waals surface area contributed by atoms with Gasteiger partial charge in [-0.3, -0.25) is 4.18 Å². The van der Waals surface area contributed by atoms with Crippen LogP contribution in [0.15, 0.2) is 40.8 Å². The Kier molecular flexibility index (Phi) is 4.68. The van der Waals surface area contributed by atoms with Gasteiger partial charge in [0.1, 0.15) is 11.7 Å². The van der Waals surface area contributed by atoms with Gasteiger partial charge in [-0.1, -0.05) is 24.6 Å². The molecule has 1 aromatic carbocycles. The van der Waals surface area contributed by atoms with Gasteiger partial charge in [0.2, 0.25) is 0 Å². The van der Waals surface area contributed by atoms with Gasteiger partial charge in [0, 0.05) is 11.5 Å². The van der Waals surface area contributed by atoms with Crippen molar-refractivity contribution in [1.29, 1.82) is 0 Å². The van der Waals surface area contributed by atoms with E-state index in [1.165, 1.54) is 13.2 Å². The molecule has 4 rings (SSSR count). The molecule has 0 unspecified atom stereocenters. The first kappa shape index (κ1) is 19.6. The molecule has 1 spiro atoms.